The molecular formula is C14H15FN2O2. The smallest absolute Gasteiger partial charge is 0.256 e. The van der Waals surface area contributed by atoms with E-state index < -0.39 is 11.9 Å². The minimum absolute atomic E-state index is 0.0200. The van der Waals surface area contributed by atoms with E-state index in [1.807, 2.05) is 0 Å². The number of halogens is 1. The number of aryl methyl sites for hydroxylation is 1. The highest BCUT2D eigenvalue weighted by atomic mass is 19.1. The van der Waals surface area contributed by atoms with Crippen LogP contribution in [-0.4, -0.2) is 14.7 Å². The number of hydrogen-bond acceptors (Lipinski definition) is 3. The van der Waals surface area contributed by atoms with Crippen LogP contribution in [0.1, 0.15) is 22.9 Å². The molecule has 0 unspecified atom stereocenters. The summed E-state index contributed by atoms with van der Waals surface area (Å²) in [7, 11) is 0. The van der Waals surface area contributed by atoms with Gasteiger partial charge in [-0.15, -0.1) is 0 Å². The van der Waals surface area contributed by atoms with E-state index in [2.05, 4.69) is 4.98 Å². The van der Waals surface area contributed by atoms with Crippen LogP contribution >= 0.6 is 0 Å². The number of aromatic nitrogens is 2. The molecule has 0 aliphatic rings. The molecule has 4 nitrogen and oxygen atoms in total. The zero-order valence-electron chi connectivity index (χ0n) is 10.8. The van der Waals surface area contributed by atoms with Crippen LogP contribution in [0.5, 0.6) is 0 Å². The predicted molar refractivity (Wildman–Crippen MR) is 69.3 cm³/mol. The van der Waals surface area contributed by atoms with Crippen molar-refractivity contribution in [3.63, 3.8) is 0 Å². The Morgan fingerprint density at radius 1 is 1.37 bits per heavy atom. The maximum atomic E-state index is 13.5. The lowest BCUT2D eigenvalue weighted by molar-refractivity contribution is 0.150. The molecular weight excluding hydrogens is 247 g/mol. The van der Waals surface area contributed by atoms with Crippen molar-refractivity contribution < 1.29 is 9.50 Å². The van der Waals surface area contributed by atoms with Gasteiger partial charge in [0.15, 0.2) is 0 Å². The molecule has 100 valence electrons. The molecule has 0 bridgehead atoms. The number of aliphatic hydroxyl groups is 1. The maximum Gasteiger partial charge on any atom is 0.256 e. The lowest BCUT2D eigenvalue weighted by Gasteiger charge is -2.14. The Kier molecular flexibility index (Phi) is 3.76. The fourth-order valence-corrected chi connectivity index (χ4v) is 1.84. The molecule has 1 aromatic carbocycles. The zero-order chi connectivity index (χ0) is 14.0. The van der Waals surface area contributed by atoms with Crippen LogP contribution in [0.4, 0.5) is 4.39 Å². The van der Waals surface area contributed by atoms with Crippen molar-refractivity contribution in [2.24, 2.45) is 0 Å². The monoisotopic (exact) mass is 262 g/mol. The van der Waals surface area contributed by atoms with Gasteiger partial charge in [0.05, 0.1) is 19.0 Å². The van der Waals surface area contributed by atoms with Crippen LogP contribution in [-0.2, 0) is 6.54 Å². The summed E-state index contributed by atoms with van der Waals surface area (Å²) in [4.78, 5) is 16.0. The van der Waals surface area contributed by atoms with Crippen molar-refractivity contribution in [3.8, 4) is 0 Å². The standard InChI is InChI=1S/C14H15FN2O2/c1-9-10(2)16-8-17(14(9)19)7-13(18)11-5-3-4-6-12(11)15/h3-6,8,13,18H,7H2,1-2H3/t13-/m0/s1. The van der Waals surface area contributed by atoms with Crippen molar-refractivity contribution in [3.05, 3.63) is 63.6 Å². The highest BCUT2D eigenvalue weighted by Crippen LogP contribution is 2.17. The summed E-state index contributed by atoms with van der Waals surface area (Å²) in [5.74, 6) is -0.486. The molecule has 1 N–H and O–H groups in total. The summed E-state index contributed by atoms with van der Waals surface area (Å²) >= 11 is 0. The summed E-state index contributed by atoms with van der Waals surface area (Å²) in [5, 5.41) is 10.0. The third kappa shape index (κ3) is 2.71. The van der Waals surface area contributed by atoms with Crippen LogP contribution in [0.2, 0.25) is 0 Å². The van der Waals surface area contributed by atoms with Gasteiger partial charge in [0, 0.05) is 16.8 Å². The molecule has 0 saturated heterocycles. The van der Waals surface area contributed by atoms with Crippen molar-refractivity contribution in [1.82, 2.24) is 9.55 Å². The second-order valence-electron chi connectivity index (χ2n) is 4.45. The summed E-state index contributed by atoms with van der Waals surface area (Å²) in [5.41, 5.74) is 1.14. The Balaban J connectivity index is 2.30. The summed E-state index contributed by atoms with van der Waals surface area (Å²) in [6.07, 6.45) is 0.289. The quantitative estimate of drug-likeness (QED) is 0.916. The van der Waals surface area contributed by atoms with Gasteiger partial charge in [0.25, 0.3) is 5.56 Å². The Morgan fingerprint density at radius 2 is 2.05 bits per heavy atom. The van der Waals surface area contributed by atoms with E-state index in [0.29, 0.717) is 11.3 Å². The van der Waals surface area contributed by atoms with Crippen molar-refractivity contribution in [1.29, 1.82) is 0 Å². The molecule has 2 rings (SSSR count). The molecule has 0 aliphatic carbocycles. The first-order valence-electron chi connectivity index (χ1n) is 5.96. The Morgan fingerprint density at radius 3 is 2.74 bits per heavy atom. The first kappa shape index (κ1) is 13.4. The molecule has 2 aromatic rings. The molecule has 19 heavy (non-hydrogen) atoms. The van der Waals surface area contributed by atoms with Gasteiger partial charge < -0.3 is 5.11 Å². The highest BCUT2D eigenvalue weighted by molar-refractivity contribution is 5.20. The first-order chi connectivity index (χ1) is 9.00. The van der Waals surface area contributed by atoms with E-state index in [0.717, 1.165) is 0 Å². The van der Waals surface area contributed by atoms with Crippen molar-refractivity contribution >= 4 is 0 Å². The fraction of sp³-hybridized carbons (Fsp3) is 0.286. The molecule has 0 amide bonds. The average Bonchev–Trinajstić information content (AvgIpc) is 2.40. The highest BCUT2D eigenvalue weighted by Gasteiger charge is 2.14. The molecule has 1 heterocycles. The van der Waals surface area contributed by atoms with Crippen molar-refractivity contribution in [2.75, 3.05) is 0 Å². The van der Waals surface area contributed by atoms with Crippen LogP contribution in [0.25, 0.3) is 0 Å². The fourth-order valence-electron chi connectivity index (χ4n) is 1.84. The second-order valence-corrected chi connectivity index (χ2v) is 4.45. The third-order valence-electron chi connectivity index (χ3n) is 3.15. The SMILES string of the molecule is Cc1ncn(C[C@H](O)c2ccccc2F)c(=O)c1C. The molecule has 0 radical (unpaired) electrons. The number of aliphatic hydroxyl groups excluding tert-OH is 1. The maximum absolute atomic E-state index is 13.5. The van der Waals surface area contributed by atoms with Crippen LogP contribution < -0.4 is 5.56 Å². The topological polar surface area (TPSA) is 55.1 Å². The van der Waals surface area contributed by atoms with E-state index in [-0.39, 0.29) is 17.7 Å². The van der Waals surface area contributed by atoms with Crippen molar-refractivity contribution in [2.45, 2.75) is 26.5 Å². The number of hydrogen-bond donors (Lipinski definition) is 1. The van der Waals surface area contributed by atoms with Gasteiger partial charge in [-0.05, 0) is 19.9 Å². The Hall–Kier alpha value is -2.01. The van der Waals surface area contributed by atoms with Gasteiger partial charge in [-0.2, -0.15) is 0 Å². The lowest BCUT2D eigenvalue weighted by atomic mass is 10.1. The average molecular weight is 262 g/mol. The molecule has 1 aromatic heterocycles. The molecule has 0 spiro atoms. The minimum Gasteiger partial charge on any atom is -0.386 e. The van der Waals surface area contributed by atoms with Gasteiger partial charge in [0.2, 0.25) is 0 Å². The normalized spacial score (nSPS) is 12.4. The summed E-state index contributed by atoms with van der Waals surface area (Å²) in [6.45, 7) is 3.40. The van der Waals surface area contributed by atoms with Gasteiger partial charge in [-0.1, -0.05) is 18.2 Å². The number of rotatable bonds is 3. The predicted octanol–water partition coefficient (Wildman–Crippen LogP) is 1.73. The summed E-state index contributed by atoms with van der Waals surface area (Å²) < 4.78 is 14.8. The van der Waals surface area contributed by atoms with Gasteiger partial charge in [-0.3, -0.25) is 9.36 Å². The van der Waals surface area contributed by atoms with E-state index in [4.69, 9.17) is 0 Å². The lowest BCUT2D eigenvalue weighted by Crippen LogP contribution is -2.26. The zero-order valence-corrected chi connectivity index (χ0v) is 10.8. The van der Waals surface area contributed by atoms with Gasteiger partial charge in [0.1, 0.15) is 5.82 Å². The van der Waals surface area contributed by atoms with Crippen LogP contribution in [0.3, 0.4) is 0 Å². The molecule has 5 heteroatoms. The Labute approximate surface area is 110 Å². The number of benzene rings is 1. The minimum atomic E-state index is -1.08. The number of nitrogens with zero attached hydrogens (tertiary/aromatic N) is 2. The van der Waals surface area contributed by atoms with Crippen LogP contribution in [0.15, 0.2) is 35.4 Å². The van der Waals surface area contributed by atoms with E-state index in [1.54, 1.807) is 26.0 Å². The summed E-state index contributed by atoms with van der Waals surface area (Å²) in [6, 6.07) is 5.97. The first-order valence-corrected chi connectivity index (χ1v) is 5.96. The molecule has 0 saturated carbocycles. The van der Waals surface area contributed by atoms with Gasteiger partial charge in [-0.25, -0.2) is 9.37 Å². The van der Waals surface area contributed by atoms with E-state index in [1.165, 1.54) is 23.0 Å². The van der Waals surface area contributed by atoms with Gasteiger partial charge >= 0.3 is 0 Å². The third-order valence-corrected chi connectivity index (χ3v) is 3.15. The second kappa shape index (κ2) is 5.32. The largest absolute Gasteiger partial charge is 0.386 e. The van der Waals surface area contributed by atoms with E-state index in [9.17, 15) is 14.3 Å². The molecule has 0 fully saturated rings. The van der Waals surface area contributed by atoms with E-state index >= 15 is 0 Å². The van der Waals surface area contributed by atoms with Crippen LogP contribution in [0, 0.1) is 19.7 Å². The molecule has 0 aliphatic heterocycles. The molecule has 1 atom stereocenters. The Bertz CT molecular complexity index is 652.